The maximum absolute atomic E-state index is 12.4. The van der Waals surface area contributed by atoms with Gasteiger partial charge in [0, 0.05) is 16.9 Å². The molecule has 3 aromatic carbocycles. The van der Waals surface area contributed by atoms with Crippen molar-refractivity contribution in [3.63, 3.8) is 0 Å². The van der Waals surface area contributed by atoms with Crippen molar-refractivity contribution in [3.05, 3.63) is 83.4 Å². The Morgan fingerprint density at radius 3 is 2.37 bits per heavy atom. The van der Waals surface area contributed by atoms with Crippen molar-refractivity contribution in [2.75, 3.05) is 16.0 Å². The van der Waals surface area contributed by atoms with Gasteiger partial charge in [-0.05, 0) is 61.4 Å². The van der Waals surface area contributed by atoms with E-state index >= 15 is 0 Å². The zero-order valence-electron chi connectivity index (χ0n) is 16.5. The second kappa shape index (κ2) is 8.34. The first-order valence-corrected chi connectivity index (χ1v) is 10.2. The predicted octanol–water partition coefficient (Wildman–Crippen LogP) is 5.81. The van der Waals surface area contributed by atoms with Crippen LogP contribution in [0.25, 0.3) is 10.2 Å². The summed E-state index contributed by atoms with van der Waals surface area (Å²) >= 11 is 1.37. The molecule has 30 heavy (non-hydrogen) atoms. The number of anilines is 3. The largest absolute Gasteiger partial charge is 0.323 e. The van der Waals surface area contributed by atoms with Gasteiger partial charge in [0.05, 0.1) is 10.2 Å². The van der Waals surface area contributed by atoms with Gasteiger partial charge in [0.25, 0.3) is 5.91 Å². The van der Waals surface area contributed by atoms with E-state index in [1.807, 2.05) is 68.4 Å². The molecule has 7 heteroatoms. The zero-order valence-corrected chi connectivity index (χ0v) is 17.3. The van der Waals surface area contributed by atoms with E-state index in [0.717, 1.165) is 27.0 Å². The Morgan fingerprint density at radius 2 is 1.60 bits per heavy atom. The quantitative estimate of drug-likeness (QED) is 0.393. The lowest BCUT2D eigenvalue weighted by Gasteiger charge is -2.09. The number of carbonyl (C=O) groups is 2. The third-order valence-corrected chi connectivity index (χ3v) is 5.39. The highest BCUT2D eigenvalue weighted by molar-refractivity contribution is 7.22. The smallest absolute Gasteiger partial charge is 0.308 e. The average molecular weight is 417 g/mol. The first-order valence-electron chi connectivity index (χ1n) is 9.40. The Bertz CT molecular complexity index is 1230. The fraction of sp³-hybridized carbons (Fsp3) is 0.0870. The summed E-state index contributed by atoms with van der Waals surface area (Å²) in [6, 6.07) is 20.0. The summed E-state index contributed by atoms with van der Waals surface area (Å²) in [4.78, 5) is 29.3. The topological polar surface area (TPSA) is 83.1 Å². The molecule has 0 saturated carbocycles. The molecule has 1 heterocycles. The fourth-order valence-electron chi connectivity index (χ4n) is 3.10. The number of benzene rings is 3. The SMILES string of the molecule is Cc1cccc(NC(=O)Nc2cc(C)c3nc(NC(=O)c4ccccc4)sc3c2)c1. The minimum atomic E-state index is -0.318. The molecule has 0 radical (unpaired) electrons. The van der Waals surface area contributed by atoms with Gasteiger partial charge in [-0.3, -0.25) is 10.1 Å². The summed E-state index contributed by atoms with van der Waals surface area (Å²) < 4.78 is 0.879. The van der Waals surface area contributed by atoms with Gasteiger partial charge in [-0.25, -0.2) is 9.78 Å². The highest BCUT2D eigenvalue weighted by Gasteiger charge is 2.13. The monoisotopic (exact) mass is 416 g/mol. The molecule has 1 aromatic heterocycles. The highest BCUT2D eigenvalue weighted by atomic mass is 32.1. The number of amides is 3. The van der Waals surface area contributed by atoms with E-state index in [1.54, 1.807) is 12.1 Å². The molecule has 0 fully saturated rings. The van der Waals surface area contributed by atoms with Crippen LogP contribution in [0.3, 0.4) is 0 Å². The normalized spacial score (nSPS) is 10.6. The van der Waals surface area contributed by atoms with Crippen molar-refractivity contribution in [1.82, 2.24) is 4.98 Å². The van der Waals surface area contributed by atoms with Crippen molar-refractivity contribution in [2.45, 2.75) is 13.8 Å². The summed E-state index contributed by atoms with van der Waals surface area (Å²) in [5.41, 5.74) is 4.75. The van der Waals surface area contributed by atoms with Crippen molar-refractivity contribution >= 4 is 50.0 Å². The Balaban J connectivity index is 1.50. The molecule has 0 bridgehead atoms. The molecule has 3 N–H and O–H groups in total. The lowest BCUT2D eigenvalue weighted by Crippen LogP contribution is -2.19. The van der Waals surface area contributed by atoms with Crippen molar-refractivity contribution in [3.8, 4) is 0 Å². The lowest BCUT2D eigenvalue weighted by molar-refractivity contribution is 0.102. The number of aryl methyl sites for hydroxylation is 2. The second-order valence-corrected chi connectivity index (χ2v) is 7.96. The molecular formula is C23H20N4O2S. The Kier molecular flexibility index (Phi) is 5.45. The number of nitrogens with zero attached hydrogens (tertiary/aromatic N) is 1. The number of thiazole rings is 1. The molecule has 0 aliphatic heterocycles. The maximum atomic E-state index is 12.4. The van der Waals surface area contributed by atoms with Gasteiger partial charge in [0.1, 0.15) is 0 Å². The van der Waals surface area contributed by atoms with Gasteiger partial charge < -0.3 is 10.6 Å². The van der Waals surface area contributed by atoms with Crippen LogP contribution >= 0.6 is 11.3 Å². The van der Waals surface area contributed by atoms with E-state index in [0.29, 0.717) is 16.4 Å². The van der Waals surface area contributed by atoms with Crippen LogP contribution in [-0.2, 0) is 0 Å². The van der Waals surface area contributed by atoms with Gasteiger partial charge in [-0.2, -0.15) is 0 Å². The number of carbonyl (C=O) groups excluding carboxylic acids is 2. The molecule has 6 nitrogen and oxygen atoms in total. The first-order chi connectivity index (χ1) is 14.5. The molecule has 150 valence electrons. The van der Waals surface area contributed by atoms with Gasteiger partial charge >= 0.3 is 6.03 Å². The van der Waals surface area contributed by atoms with E-state index in [9.17, 15) is 9.59 Å². The number of hydrogen-bond donors (Lipinski definition) is 3. The molecular weight excluding hydrogens is 396 g/mol. The van der Waals surface area contributed by atoms with Gasteiger partial charge in [-0.1, -0.05) is 41.7 Å². The summed E-state index contributed by atoms with van der Waals surface area (Å²) in [6.07, 6.45) is 0. The number of hydrogen-bond acceptors (Lipinski definition) is 4. The maximum Gasteiger partial charge on any atom is 0.323 e. The number of rotatable bonds is 4. The molecule has 0 unspecified atom stereocenters. The van der Waals surface area contributed by atoms with Crippen LogP contribution in [0.4, 0.5) is 21.3 Å². The predicted molar refractivity (Wildman–Crippen MR) is 123 cm³/mol. The number of aromatic nitrogens is 1. The summed E-state index contributed by atoms with van der Waals surface area (Å²) in [7, 11) is 0. The summed E-state index contributed by atoms with van der Waals surface area (Å²) in [5, 5.41) is 9.05. The van der Waals surface area contributed by atoms with E-state index < -0.39 is 0 Å². The lowest BCUT2D eigenvalue weighted by atomic mass is 10.2. The number of urea groups is 1. The van der Waals surface area contributed by atoms with Crippen LogP contribution in [0.1, 0.15) is 21.5 Å². The molecule has 4 rings (SSSR count). The molecule has 0 spiro atoms. The number of nitrogens with one attached hydrogen (secondary N) is 3. The van der Waals surface area contributed by atoms with E-state index in [-0.39, 0.29) is 11.9 Å². The molecule has 4 aromatic rings. The summed E-state index contributed by atoms with van der Waals surface area (Å²) in [5.74, 6) is -0.205. The van der Waals surface area contributed by atoms with Crippen LogP contribution in [0, 0.1) is 13.8 Å². The third kappa shape index (κ3) is 4.47. The van der Waals surface area contributed by atoms with Gasteiger partial charge in [-0.15, -0.1) is 0 Å². The first kappa shape index (κ1) is 19.6. The van der Waals surface area contributed by atoms with Crippen LogP contribution in [0.15, 0.2) is 66.7 Å². The molecule has 3 amide bonds. The second-order valence-electron chi connectivity index (χ2n) is 6.93. The van der Waals surface area contributed by atoms with Crippen molar-refractivity contribution in [1.29, 1.82) is 0 Å². The summed E-state index contributed by atoms with van der Waals surface area (Å²) in [6.45, 7) is 3.90. The minimum absolute atomic E-state index is 0.205. The third-order valence-electron chi connectivity index (χ3n) is 4.48. The Hall–Kier alpha value is -3.71. The minimum Gasteiger partial charge on any atom is -0.308 e. The van der Waals surface area contributed by atoms with E-state index in [2.05, 4.69) is 20.9 Å². The van der Waals surface area contributed by atoms with Crippen LogP contribution in [0.5, 0.6) is 0 Å². The Morgan fingerprint density at radius 1 is 0.833 bits per heavy atom. The zero-order chi connectivity index (χ0) is 21.1. The van der Waals surface area contributed by atoms with Crippen molar-refractivity contribution < 1.29 is 9.59 Å². The molecule has 0 atom stereocenters. The van der Waals surface area contributed by atoms with Crippen LogP contribution < -0.4 is 16.0 Å². The Labute approximate surface area is 178 Å². The van der Waals surface area contributed by atoms with Crippen molar-refractivity contribution in [2.24, 2.45) is 0 Å². The van der Waals surface area contributed by atoms with Gasteiger partial charge in [0.15, 0.2) is 5.13 Å². The van der Waals surface area contributed by atoms with Gasteiger partial charge in [0.2, 0.25) is 0 Å². The highest BCUT2D eigenvalue weighted by Crippen LogP contribution is 2.31. The average Bonchev–Trinajstić information content (AvgIpc) is 3.11. The standard InChI is InChI=1S/C23H20N4O2S/c1-14-7-6-10-17(11-14)24-22(29)25-18-12-15(2)20-19(13-18)30-23(26-20)27-21(28)16-8-4-3-5-9-16/h3-13H,1-2H3,(H2,24,25,29)(H,26,27,28). The van der Waals surface area contributed by atoms with E-state index in [1.165, 1.54) is 11.3 Å². The van der Waals surface area contributed by atoms with Crippen LogP contribution in [-0.4, -0.2) is 16.9 Å². The molecule has 0 aliphatic carbocycles. The van der Waals surface area contributed by atoms with E-state index in [4.69, 9.17) is 0 Å². The molecule has 0 aliphatic rings. The number of fused-ring (bicyclic) bond motifs is 1. The van der Waals surface area contributed by atoms with Crippen LogP contribution in [0.2, 0.25) is 0 Å². The fourth-order valence-corrected chi connectivity index (χ4v) is 4.08. The molecule has 0 saturated heterocycles.